The molecule has 0 radical (unpaired) electrons. The van der Waals surface area contributed by atoms with E-state index >= 15 is 4.39 Å². The van der Waals surface area contributed by atoms with E-state index in [9.17, 15) is 22.4 Å². The molecular weight excluding hydrogens is 585 g/mol. The molecule has 0 amide bonds. The van der Waals surface area contributed by atoms with Crippen LogP contribution >= 0.6 is 0 Å². The molecule has 226 valence electrons. The maximum Gasteiger partial charge on any atom is 0.434 e. The van der Waals surface area contributed by atoms with Crippen LogP contribution in [0.5, 0.6) is 11.5 Å². The van der Waals surface area contributed by atoms with Gasteiger partial charge in [-0.25, -0.2) is 23.2 Å². The van der Waals surface area contributed by atoms with E-state index in [1.54, 1.807) is 19.2 Å². The second-order valence-electron chi connectivity index (χ2n) is 9.40. The van der Waals surface area contributed by atoms with Crippen LogP contribution < -0.4 is 9.47 Å². The summed E-state index contributed by atoms with van der Waals surface area (Å²) in [7, 11) is 1.58. The third-order valence-corrected chi connectivity index (χ3v) is 6.53. The molecule has 2 aromatic heterocycles. The fourth-order valence-electron chi connectivity index (χ4n) is 4.47. The molecule has 2 heterocycles. The van der Waals surface area contributed by atoms with Crippen LogP contribution in [0.3, 0.4) is 0 Å². The minimum absolute atomic E-state index is 0.0907. The number of carbonyl (C=O) groups is 1. The molecule has 7 nitrogen and oxygen atoms in total. The molecular formula is C32H24F5N3O4. The molecule has 0 spiro atoms. The number of hydrogen-bond acceptors (Lipinski definition) is 6. The Morgan fingerprint density at radius 1 is 0.932 bits per heavy atom. The third kappa shape index (κ3) is 6.38. The molecule has 0 bridgehead atoms. The number of esters is 1. The highest BCUT2D eigenvalue weighted by Gasteiger charge is 2.41. The van der Waals surface area contributed by atoms with Crippen LogP contribution in [0.25, 0.3) is 28.2 Å². The van der Waals surface area contributed by atoms with Gasteiger partial charge in [0.25, 0.3) is 0 Å². The molecule has 0 aliphatic heterocycles. The Hall–Kier alpha value is -5.26. The summed E-state index contributed by atoms with van der Waals surface area (Å²) >= 11 is 0. The molecule has 0 saturated heterocycles. The highest BCUT2D eigenvalue weighted by atomic mass is 19.4. The first kappa shape index (κ1) is 30.2. The van der Waals surface area contributed by atoms with Crippen LogP contribution in [-0.2, 0) is 17.5 Å². The van der Waals surface area contributed by atoms with Gasteiger partial charge in [-0.3, -0.25) is 0 Å². The summed E-state index contributed by atoms with van der Waals surface area (Å²) in [5.41, 5.74) is 0.130. The zero-order valence-corrected chi connectivity index (χ0v) is 23.4. The van der Waals surface area contributed by atoms with Crippen molar-refractivity contribution in [2.75, 3.05) is 13.7 Å². The SMILES string of the molecule is CCOC(=O)c1cnn(-c2cccc(-c3cc(F)cc(F)c3OCc3ccc(-c4ccc(OC)cc4)cc3)n2)c1C(F)(F)F. The van der Waals surface area contributed by atoms with Crippen molar-refractivity contribution in [1.82, 2.24) is 14.8 Å². The first-order valence-corrected chi connectivity index (χ1v) is 13.2. The van der Waals surface area contributed by atoms with Crippen LogP contribution in [0.2, 0.25) is 0 Å². The Morgan fingerprint density at radius 2 is 1.61 bits per heavy atom. The molecule has 0 aliphatic carbocycles. The van der Waals surface area contributed by atoms with E-state index in [4.69, 9.17) is 14.2 Å². The fourth-order valence-corrected chi connectivity index (χ4v) is 4.47. The minimum Gasteiger partial charge on any atom is -0.497 e. The van der Waals surface area contributed by atoms with Crippen molar-refractivity contribution < 1.29 is 41.0 Å². The van der Waals surface area contributed by atoms with Gasteiger partial charge in [0.1, 0.15) is 23.7 Å². The number of alkyl halides is 3. The molecule has 0 fully saturated rings. The van der Waals surface area contributed by atoms with Gasteiger partial charge in [-0.05, 0) is 53.9 Å². The van der Waals surface area contributed by atoms with Gasteiger partial charge in [0.2, 0.25) is 0 Å². The topological polar surface area (TPSA) is 75.5 Å². The molecule has 5 rings (SSSR count). The van der Waals surface area contributed by atoms with E-state index in [1.807, 2.05) is 36.4 Å². The maximum atomic E-state index is 15.0. The molecule has 0 N–H and O–H groups in total. The van der Waals surface area contributed by atoms with Crippen molar-refractivity contribution in [3.8, 4) is 39.7 Å². The Morgan fingerprint density at radius 3 is 2.25 bits per heavy atom. The average Bonchev–Trinajstić information content (AvgIpc) is 3.48. The Kier molecular flexibility index (Phi) is 8.61. The van der Waals surface area contributed by atoms with Crippen LogP contribution in [0.4, 0.5) is 22.0 Å². The van der Waals surface area contributed by atoms with E-state index in [0.717, 1.165) is 29.1 Å². The quantitative estimate of drug-likeness (QED) is 0.126. The zero-order chi connectivity index (χ0) is 31.4. The summed E-state index contributed by atoms with van der Waals surface area (Å²) in [6.45, 7) is 1.21. The lowest BCUT2D eigenvalue weighted by Crippen LogP contribution is -2.19. The molecule has 12 heteroatoms. The van der Waals surface area contributed by atoms with Gasteiger partial charge in [-0.1, -0.05) is 42.5 Å². The standard InChI is InChI=1S/C32H24F5N3O4/c1-3-43-31(41)25-17-38-40(30(25)32(35,36)37)28-6-4-5-27(39-28)24-15-22(33)16-26(34)29(24)44-18-19-7-9-20(10-8-19)21-11-13-23(42-2)14-12-21/h4-17H,3,18H2,1-2H3. The number of rotatable bonds is 9. The van der Waals surface area contributed by atoms with Crippen molar-refractivity contribution >= 4 is 5.97 Å². The lowest BCUT2D eigenvalue weighted by Gasteiger charge is -2.15. The predicted octanol–water partition coefficient (Wildman–Crippen LogP) is 7.66. The normalized spacial score (nSPS) is 11.3. The molecule has 0 atom stereocenters. The van der Waals surface area contributed by atoms with Crippen LogP contribution in [-0.4, -0.2) is 34.5 Å². The number of benzene rings is 3. The maximum absolute atomic E-state index is 15.0. The van der Waals surface area contributed by atoms with Crippen molar-refractivity contribution in [2.45, 2.75) is 19.7 Å². The van der Waals surface area contributed by atoms with Crippen molar-refractivity contribution in [3.05, 3.63) is 114 Å². The largest absolute Gasteiger partial charge is 0.497 e. The number of methoxy groups -OCH3 is 1. The fraction of sp³-hybridized carbons (Fsp3) is 0.156. The Labute approximate surface area is 248 Å². The minimum atomic E-state index is -5.00. The zero-order valence-electron chi connectivity index (χ0n) is 23.4. The molecule has 0 saturated carbocycles. The first-order chi connectivity index (χ1) is 21.1. The first-order valence-electron chi connectivity index (χ1n) is 13.2. The van der Waals surface area contributed by atoms with Crippen molar-refractivity contribution in [3.63, 3.8) is 0 Å². The van der Waals surface area contributed by atoms with E-state index < -0.39 is 35.0 Å². The van der Waals surface area contributed by atoms with Gasteiger partial charge >= 0.3 is 12.1 Å². The van der Waals surface area contributed by atoms with Gasteiger partial charge in [0.05, 0.1) is 25.6 Å². The van der Waals surface area contributed by atoms with E-state index in [2.05, 4.69) is 10.1 Å². The molecule has 44 heavy (non-hydrogen) atoms. The highest BCUT2D eigenvalue weighted by molar-refractivity contribution is 5.90. The Bertz CT molecular complexity index is 1790. The van der Waals surface area contributed by atoms with Crippen molar-refractivity contribution in [2.24, 2.45) is 0 Å². The lowest BCUT2D eigenvalue weighted by atomic mass is 10.0. The number of halogens is 5. The molecule has 0 unspecified atom stereocenters. The van der Waals surface area contributed by atoms with Gasteiger partial charge in [-0.2, -0.15) is 18.3 Å². The smallest absolute Gasteiger partial charge is 0.434 e. The van der Waals surface area contributed by atoms with Crippen LogP contribution in [0.15, 0.2) is 85.1 Å². The predicted molar refractivity (Wildman–Crippen MR) is 150 cm³/mol. The van der Waals surface area contributed by atoms with Gasteiger partial charge in [-0.15, -0.1) is 0 Å². The number of ether oxygens (including phenoxy) is 3. The van der Waals surface area contributed by atoms with E-state index in [0.29, 0.717) is 16.3 Å². The number of hydrogen-bond donors (Lipinski definition) is 0. The van der Waals surface area contributed by atoms with Gasteiger partial charge < -0.3 is 14.2 Å². The number of aromatic nitrogens is 3. The second-order valence-corrected chi connectivity index (χ2v) is 9.40. The molecule has 3 aromatic carbocycles. The summed E-state index contributed by atoms with van der Waals surface area (Å²) in [6.07, 6.45) is -4.27. The highest BCUT2D eigenvalue weighted by Crippen LogP contribution is 2.36. The summed E-state index contributed by atoms with van der Waals surface area (Å²) in [5.74, 6) is -3.15. The summed E-state index contributed by atoms with van der Waals surface area (Å²) < 4.78 is 87.6. The van der Waals surface area contributed by atoms with E-state index in [1.165, 1.54) is 25.1 Å². The van der Waals surface area contributed by atoms with Gasteiger partial charge in [0, 0.05) is 11.6 Å². The lowest BCUT2D eigenvalue weighted by molar-refractivity contribution is -0.143. The van der Waals surface area contributed by atoms with Gasteiger partial charge in [0.15, 0.2) is 23.1 Å². The molecule has 0 aliphatic rings. The number of nitrogens with zero attached hydrogens (tertiary/aromatic N) is 3. The summed E-state index contributed by atoms with van der Waals surface area (Å²) in [4.78, 5) is 16.4. The summed E-state index contributed by atoms with van der Waals surface area (Å²) in [6, 6.07) is 20.3. The third-order valence-electron chi connectivity index (χ3n) is 6.53. The monoisotopic (exact) mass is 609 g/mol. The number of carbonyl (C=O) groups excluding carboxylic acids is 1. The Balaban J connectivity index is 1.45. The van der Waals surface area contributed by atoms with Crippen molar-refractivity contribution in [1.29, 1.82) is 0 Å². The molecule has 5 aromatic rings. The van der Waals surface area contributed by atoms with Crippen LogP contribution in [0, 0.1) is 11.6 Å². The number of pyridine rings is 1. The summed E-state index contributed by atoms with van der Waals surface area (Å²) in [5, 5.41) is 3.71. The second kappa shape index (κ2) is 12.5. The van der Waals surface area contributed by atoms with Crippen LogP contribution in [0.1, 0.15) is 28.5 Å². The van der Waals surface area contributed by atoms with E-state index in [-0.39, 0.29) is 36.0 Å². The average molecular weight is 610 g/mol.